The van der Waals surface area contributed by atoms with E-state index in [4.69, 9.17) is 0 Å². The Hall–Kier alpha value is -0.110. The highest BCUT2D eigenvalue weighted by Gasteiger charge is 2.34. The van der Waals surface area contributed by atoms with Crippen LogP contribution in [0, 0.1) is 3.57 Å². The predicted molar refractivity (Wildman–Crippen MR) is 61.9 cm³/mol. The highest BCUT2D eigenvalue weighted by molar-refractivity contribution is 14.1. The molecule has 0 aliphatic carbocycles. The number of hydrogen-bond acceptors (Lipinski definition) is 1. The Balaban J connectivity index is 3.49. The molecule has 0 radical (unpaired) electrons. The number of benzene rings is 1. The predicted octanol–water partition coefficient (Wildman–Crippen LogP) is 4.28. The normalized spacial score (nSPS) is 11.6. The third-order valence-corrected chi connectivity index (χ3v) is 3.53. The fraction of sp³-hybridized carbons (Fsp3) is 0.222. The lowest BCUT2D eigenvalue weighted by Crippen LogP contribution is -2.11. The van der Waals surface area contributed by atoms with Gasteiger partial charge < -0.3 is 0 Å². The third kappa shape index (κ3) is 2.72. The Kier molecular flexibility index (Phi) is 3.80. The van der Waals surface area contributed by atoms with Gasteiger partial charge in [-0.1, -0.05) is 15.9 Å². The topological polar surface area (TPSA) is 17.1 Å². The molecule has 82 valence electrons. The van der Waals surface area contributed by atoms with Crippen molar-refractivity contribution >= 4 is 44.3 Å². The van der Waals surface area contributed by atoms with Crippen LogP contribution in [0.3, 0.4) is 0 Å². The monoisotopic (exact) mass is 392 g/mol. The molecular formula is C9H5BrF3IO. The maximum atomic E-state index is 12.5. The molecule has 15 heavy (non-hydrogen) atoms. The van der Waals surface area contributed by atoms with E-state index in [1.165, 1.54) is 35.6 Å². The van der Waals surface area contributed by atoms with Crippen LogP contribution < -0.4 is 0 Å². The molecule has 1 rings (SSSR count). The second-order valence-electron chi connectivity index (χ2n) is 2.84. The number of rotatable bonds is 1. The minimum Gasteiger partial charge on any atom is -0.294 e. The molecule has 0 N–H and O–H groups in total. The summed E-state index contributed by atoms with van der Waals surface area (Å²) in [7, 11) is 0. The molecule has 1 nitrogen and oxygen atoms in total. The van der Waals surface area contributed by atoms with Gasteiger partial charge in [0.2, 0.25) is 0 Å². The van der Waals surface area contributed by atoms with Crippen LogP contribution in [-0.2, 0) is 6.18 Å². The molecule has 6 heteroatoms. The minimum atomic E-state index is -4.43. The van der Waals surface area contributed by atoms with Gasteiger partial charge in [-0.15, -0.1) is 0 Å². The van der Waals surface area contributed by atoms with E-state index in [1.807, 2.05) is 0 Å². The average Bonchev–Trinajstić information content (AvgIpc) is 2.00. The Morgan fingerprint density at radius 2 is 1.93 bits per heavy atom. The minimum absolute atomic E-state index is 0.0676. The number of hydrogen-bond donors (Lipinski definition) is 0. The van der Waals surface area contributed by atoms with Gasteiger partial charge in [-0.25, -0.2) is 0 Å². The summed E-state index contributed by atoms with van der Waals surface area (Å²) >= 11 is 4.59. The molecule has 0 fully saturated rings. The van der Waals surface area contributed by atoms with Crippen LogP contribution in [-0.4, -0.2) is 5.78 Å². The number of alkyl halides is 3. The van der Waals surface area contributed by atoms with Crippen LogP contribution in [0.2, 0.25) is 0 Å². The summed E-state index contributed by atoms with van der Waals surface area (Å²) in [5, 5.41) is 0. The Bertz CT molecular complexity index is 415. The number of Topliss-reactive ketones (excluding diaryl/α,β-unsaturated/α-hetero) is 1. The van der Waals surface area contributed by atoms with E-state index in [0.29, 0.717) is 4.47 Å². The number of carbonyl (C=O) groups is 1. The van der Waals surface area contributed by atoms with Gasteiger partial charge >= 0.3 is 6.18 Å². The van der Waals surface area contributed by atoms with Crippen molar-refractivity contribution in [1.29, 1.82) is 0 Å². The molecule has 0 amide bonds. The summed E-state index contributed by atoms with van der Waals surface area (Å²) in [6.07, 6.45) is -4.43. The zero-order valence-electron chi connectivity index (χ0n) is 7.45. The molecule has 0 saturated heterocycles. The van der Waals surface area contributed by atoms with E-state index < -0.39 is 17.5 Å². The fourth-order valence-corrected chi connectivity index (χ4v) is 3.23. The van der Waals surface area contributed by atoms with Crippen molar-refractivity contribution in [3.8, 4) is 0 Å². The van der Waals surface area contributed by atoms with Crippen LogP contribution in [0.25, 0.3) is 0 Å². The lowest BCUT2D eigenvalue weighted by molar-refractivity contribution is -0.138. The van der Waals surface area contributed by atoms with Crippen molar-refractivity contribution in [3.05, 3.63) is 31.3 Å². The Labute approximate surface area is 106 Å². The van der Waals surface area contributed by atoms with Gasteiger partial charge in [0.05, 0.1) is 5.56 Å². The van der Waals surface area contributed by atoms with Gasteiger partial charge in [-0.3, -0.25) is 4.79 Å². The van der Waals surface area contributed by atoms with Crippen LogP contribution in [0.1, 0.15) is 22.8 Å². The smallest absolute Gasteiger partial charge is 0.294 e. The standard InChI is InChI=1S/C9H5BrF3IO/c1-4(15)7-6(10)3-2-5(8(7)14)9(11,12)13/h2-3H,1H3. The van der Waals surface area contributed by atoms with Gasteiger partial charge in [0.25, 0.3) is 0 Å². The van der Waals surface area contributed by atoms with E-state index in [2.05, 4.69) is 15.9 Å². The number of carbonyl (C=O) groups excluding carboxylic acids is 1. The molecule has 1 aromatic rings. The van der Waals surface area contributed by atoms with E-state index >= 15 is 0 Å². The van der Waals surface area contributed by atoms with E-state index in [0.717, 1.165) is 6.07 Å². The summed E-state index contributed by atoms with van der Waals surface area (Å²) < 4.78 is 37.8. The Morgan fingerprint density at radius 1 is 1.40 bits per heavy atom. The molecule has 0 unspecified atom stereocenters. The molecule has 1 aromatic carbocycles. The molecule has 0 aliphatic heterocycles. The first kappa shape index (κ1) is 13.0. The van der Waals surface area contributed by atoms with Crippen molar-refractivity contribution in [3.63, 3.8) is 0 Å². The highest BCUT2D eigenvalue weighted by atomic mass is 127. The van der Waals surface area contributed by atoms with E-state index in [1.54, 1.807) is 0 Å². The maximum absolute atomic E-state index is 12.5. The number of halogens is 5. The molecule has 0 aliphatic rings. The van der Waals surface area contributed by atoms with Crippen molar-refractivity contribution in [2.45, 2.75) is 13.1 Å². The first-order chi connectivity index (χ1) is 6.75. The summed E-state index contributed by atoms with van der Waals surface area (Å²) in [6.45, 7) is 1.24. The lowest BCUT2D eigenvalue weighted by atomic mass is 10.1. The third-order valence-electron chi connectivity index (χ3n) is 1.75. The summed E-state index contributed by atoms with van der Waals surface area (Å²) in [4.78, 5) is 11.2. The van der Waals surface area contributed by atoms with Crippen LogP contribution in [0.15, 0.2) is 16.6 Å². The fourth-order valence-electron chi connectivity index (χ4n) is 1.09. The molecule has 0 saturated carbocycles. The van der Waals surface area contributed by atoms with Gasteiger partial charge in [0.15, 0.2) is 5.78 Å². The summed E-state index contributed by atoms with van der Waals surface area (Å²) in [6, 6.07) is 2.19. The van der Waals surface area contributed by atoms with E-state index in [-0.39, 0.29) is 9.13 Å². The highest BCUT2D eigenvalue weighted by Crippen LogP contribution is 2.36. The SMILES string of the molecule is CC(=O)c1c(Br)ccc(C(F)(F)F)c1I. The van der Waals surface area contributed by atoms with Crippen LogP contribution in [0.4, 0.5) is 13.2 Å². The van der Waals surface area contributed by atoms with Gasteiger partial charge in [-0.05, 0) is 41.6 Å². The van der Waals surface area contributed by atoms with Gasteiger partial charge in [0.1, 0.15) is 0 Å². The molecule has 0 aromatic heterocycles. The van der Waals surface area contributed by atoms with Crippen LogP contribution >= 0.6 is 38.5 Å². The molecule has 0 heterocycles. The molecule has 0 atom stereocenters. The lowest BCUT2D eigenvalue weighted by Gasteiger charge is -2.12. The quantitative estimate of drug-likeness (QED) is 0.515. The van der Waals surface area contributed by atoms with Crippen molar-refractivity contribution in [2.24, 2.45) is 0 Å². The largest absolute Gasteiger partial charge is 0.417 e. The first-order valence-electron chi connectivity index (χ1n) is 3.81. The zero-order valence-corrected chi connectivity index (χ0v) is 11.2. The average molecular weight is 393 g/mol. The first-order valence-corrected chi connectivity index (χ1v) is 5.68. The molecule has 0 spiro atoms. The maximum Gasteiger partial charge on any atom is 0.417 e. The second-order valence-corrected chi connectivity index (χ2v) is 4.77. The Morgan fingerprint density at radius 3 is 2.33 bits per heavy atom. The van der Waals surface area contributed by atoms with Crippen LogP contribution in [0.5, 0.6) is 0 Å². The van der Waals surface area contributed by atoms with Crippen molar-refractivity contribution < 1.29 is 18.0 Å². The second kappa shape index (κ2) is 4.40. The molecular weight excluding hydrogens is 388 g/mol. The zero-order chi connectivity index (χ0) is 11.8. The summed E-state index contributed by atoms with van der Waals surface area (Å²) in [5.74, 6) is -0.391. The number of ketones is 1. The van der Waals surface area contributed by atoms with Crippen molar-refractivity contribution in [1.82, 2.24) is 0 Å². The van der Waals surface area contributed by atoms with E-state index in [9.17, 15) is 18.0 Å². The molecule has 0 bridgehead atoms. The van der Waals surface area contributed by atoms with Gasteiger partial charge in [0, 0.05) is 13.6 Å². The van der Waals surface area contributed by atoms with Crippen molar-refractivity contribution in [2.75, 3.05) is 0 Å². The summed E-state index contributed by atoms with van der Waals surface area (Å²) in [5.41, 5.74) is -0.707. The van der Waals surface area contributed by atoms with Gasteiger partial charge in [-0.2, -0.15) is 13.2 Å².